The number of hydrogen-bond donors (Lipinski definition) is 0. The third kappa shape index (κ3) is 3.43. The molecule has 0 aliphatic heterocycles. The highest BCUT2D eigenvalue weighted by Crippen LogP contribution is 2.17. The first-order valence-electron chi connectivity index (χ1n) is 5.55. The van der Waals surface area contributed by atoms with Crippen LogP contribution in [0.5, 0.6) is 0 Å². The monoisotopic (exact) mass is 294 g/mol. The van der Waals surface area contributed by atoms with Crippen LogP contribution in [0.25, 0.3) is 0 Å². The molecule has 0 heterocycles. The quantitative estimate of drug-likeness (QED) is 0.814. The third-order valence-corrected chi connectivity index (χ3v) is 4.56. The van der Waals surface area contributed by atoms with Gasteiger partial charge in [0, 0.05) is 5.56 Å². The van der Waals surface area contributed by atoms with Crippen molar-refractivity contribution in [3.05, 3.63) is 65.7 Å². The zero-order valence-electron chi connectivity index (χ0n) is 9.91. The molecule has 0 saturated heterocycles. The SMILES string of the molecule is O=C(Cl)c1ccc(S(=O)(=O)Cc2ccccc2)cc1. The lowest BCUT2D eigenvalue weighted by atomic mass is 10.2. The molecule has 0 aliphatic rings. The fourth-order valence-electron chi connectivity index (χ4n) is 1.67. The molecule has 0 N–H and O–H groups in total. The average Bonchev–Trinajstić information content (AvgIpc) is 2.39. The van der Waals surface area contributed by atoms with E-state index in [1.54, 1.807) is 24.3 Å². The Morgan fingerprint density at radius 1 is 0.947 bits per heavy atom. The third-order valence-electron chi connectivity index (χ3n) is 2.64. The minimum absolute atomic E-state index is 0.0675. The zero-order valence-corrected chi connectivity index (χ0v) is 11.5. The van der Waals surface area contributed by atoms with Crippen molar-refractivity contribution in [1.82, 2.24) is 0 Å². The maximum absolute atomic E-state index is 12.2. The molecule has 0 aliphatic carbocycles. The first kappa shape index (κ1) is 13.8. The summed E-state index contributed by atoms with van der Waals surface area (Å²) >= 11 is 5.31. The summed E-state index contributed by atoms with van der Waals surface area (Å²) in [4.78, 5) is 11.1. The van der Waals surface area contributed by atoms with Gasteiger partial charge in [0.15, 0.2) is 9.84 Å². The highest BCUT2D eigenvalue weighted by Gasteiger charge is 2.15. The Bertz CT molecular complexity index is 676. The summed E-state index contributed by atoms with van der Waals surface area (Å²) < 4.78 is 24.3. The lowest BCUT2D eigenvalue weighted by molar-refractivity contribution is 0.108. The summed E-state index contributed by atoms with van der Waals surface area (Å²) in [7, 11) is -3.41. The van der Waals surface area contributed by atoms with E-state index in [2.05, 4.69) is 0 Å². The van der Waals surface area contributed by atoms with Crippen LogP contribution in [0.4, 0.5) is 0 Å². The van der Waals surface area contributed by atoms with Gasteiger partial charge in [-0.3, -0.25) is 4.79 Å². The van der Waals surface area contributed by atoms with E-state index in [9.17, 15) is 13.2 Å². The van der Waals surface area contributed by atoms with Crippen molar-refractivity contribution >= 4 is 26.7 Å². The zero-order chi connectivity index (χ0) is 13.9. The predicted molar refractivity (Wildman–Crippen MR) is 74.0 cm³/mol. The van der Waals surface area contributed by atoms with Crippen LogP contribution in [0.15, 0.2) is 59.5 Å². The van der Waals surface area contributed by atoms with Gasteiger partial charge in [-0.15, -0.1) is 0 Å². The van der Waals surface area contributed by atoms with Gasteiger partial charge in [0.2, 0.25) is 0 Å². The van der Waals surface area contributed by atoms with Gasteiger partial charge in [0.25, 0.3) is 5.24 Å². The molecule has 3 nitrogen and oxygen atoms in total. The number of benzene rings is 2. The van der Waals surface area contributed by atoms with Crippen LogP contribution >= 0.6 is 11.6 Å². The molecule has 0 bridgehead atoms. The number of rotatable bonds is 4. The second-order valence-electron chi connectivity index (χ2n) is 4.04. The van der Waals surface area contributed by atoms with Gasteiger partial charge in [-0.1, -0.05) is 30.3 Å². The summed E-state index contributed by atoms with van der Waals surface area (Å²) in [5.41, 5.74) is 1.00. The fourth-order valence-corrected chi connectivity index (χ4v) is 3.14. The van der Waals surface area contributed by atoms with Gasteiger partial charge in [-0.2, -0.15) is 0 Å². The molecule has 0 radical (unpaired) electrons. The van der Waals surface area contributed by atoms with Gasteiger partial charge in [-0.05, 0) is 41.4 Å². The molecule has 5 heteroatoms. The standard InChI is InChI=1S/C14H11ClO3S/c15-14(16)12-6-8-13(9-7-12)19(17,18)10-11-4-2-1-3-5-11/h1-9H,10H2. The van der Waals surface area contributed by atoms with Crippen molar-refractivity contribution in [3.8, 4) is 0 Å². The Morgan fingerprint density at radius 2 is 1.53 bits per heavy atom. The average molecular weight is 295 g/mol. The minimum atomic E-state index is -3.41. The summed E-state index contributed by atoms with van der Waals surface area (Å²) in [6, 6.07) is 14.5. The number of sulfone groups is 1. The molecule has 2 aromatic rings. The Hall–Kier alpha value is -1.65. The molecular formula is C14H11ClO3S. The van der Waals surface area contributed by atoms with Crippen LogP contribution in [-0.4, -0.2) is 13.7 Å². The Labute approximate surface area is 116 Å². The molecule has 0 spiro atoms. The molecule has 0 aromatic heterocycles. The largest absolute Gasteiger partial charge is 0.276 e. The van der Waals surface area contributed by atoms with E-state index in [0.29, 0.717) is 0 Å². The van der Waals surface area contributed by atoms with E-state index in [4.69, 9.17) is 11.6 Å². The number of carbonyl (C=O) groups excluding carboxylic acids is 1. The number of carbonyl (C=O) groups is 1. The highest BCUT2D eigenvalue weighted by atomic mass is 35.5. The topological polar surface area (TPSA) is 51.2 Å². The summed E-state index contributed by atoms with van der Waals surface area (Å²) in [6.45, 7) is 0. The van der Waals surface area contributed by atoms with Crippen molar-refractivity contribution in [2.24, 2.45) is 0 Å². The fraction of sp³-hybridized carbons (Fsp3) is 0.0714. The number of halogens is 1. The van der Waals surface area contributed by atoms with Crippen molar-refractivity contribution in [2.75, 3.05) is 0 Å². The summed E-state index contributed by atoms with van der Waals surface area (Å²) in [5.74, 6) is -0.0675. The second-order valence-corrected chi connectivity index (χ2v) is 6.38. The van der Waals surface area contributed by atoms with E-state index in [-0.39, 0.29) is 16.2 Å². The van der Waals surface area contributed by atoms with E-state index in [1.165, 1.54) is 24.3 Å². The van der Waals surface area contributed by atoms with Crippen LogP contribution in [0.2, 0.25) is 0 Å². The van der Waals surface area contributed by atoms with Gasteiger partial charge in [0.1, 0.15) is 0 Å². The van der Waals surface area contributed by atoms with E-state index in [0.717, 1.165) is 5.56 Å². The first-order valence-corrected chi connectivity index (χ1v) is 7.59. The Kier molecular flexibility index (Phi) is 4.02. The molecule has 19 heavy (non-hydrogen) atoms. The predicted octanol–water partition coefficient (Wildman–Crippen LogP) is 3.04. The second kappa shape index (κ2) is 5.55. The minimum Gasteiger partial charge on any atom is -0.276 e. The van der Waals surface area contributed by atoms with Gasteiger partial charge in [-0.25, -0.2) is 8.42 Å². The van der Waals surface area contributed by atoms with Crippen LogP contribution in [-0.2, 0) is 15.6 Å². The van der Waals surface area contributed by atoms with Gasteiger partial charge < -0.3 is 0 Å². The van der Waals surface area contributed by atoms with Crippen LogP contribution in [0, 0.1) is 0 Å². The van der Waals surface area contributed by atoms with E-state index in [1.807, 2.05) is 6.07 Å². The maximum atomic E-state index is 12.2. The van der Waals surface area contributed by atoms with Crippen molar-refractivity contribution in [2.45, 2.75) is 10.6 Å². The van der Waals surface area contributed by atoms with Crippen LogP contribution in [0.1, 0.15) is 15.9 Å². The van der Waals surface area contributed by atoms with Crippen molar-refractivity contribution in [1.29, 1.82) is 0 Å². The van der Waals surface area contributed by atoms with Crippen LogP contribution in [0.3, 0.4) is 0 Å². The van der Waals surface area contributed by atoms with E-state index < -0.39 is 15.1 Å². The normalized spacial score (nSPS) is 11.2. The Morgan fingerprint density at radius 3 is 2.05 bits per heavy atom. The first-order chi connectivity index (χ1) is 8.99. The lowest BCUT2D eigenvalue weighted by Gasteiger charge is -2.05. The Balaban J connectivity index is 2.27. The van der Waals surface area contributed by atoms with Gasteiger partial charge in [0.05, 0.1) is 10.6 Å². The molecule has 0 unspecified atom stereocenters. The molecular weight excluding hydrogens is 284 g/mol. The summed E-state index contributed by atoms with van der Waals surface area (Å²) in [5, 5.41) is -0.605. The summed E-state index contributed by atoms with van der Waals surface area (Å²) in [6.07, 6.45) is 0. The molecule has 0 fully saturated rings. The lowest BCUT2D eigenvalue weighted by Crippen LogP contribution is -2.05. The van der Waals surface area contributed by atoms with Gasteiger partial charge >= 0.3 is 0 Å². The molecule has 2 aromatic carbocycles. The van der Waals surface area contributed by atoms with E-state index >= 15 is 0 Å². The number of hydrogen-bond acceptors (Lipinski definition) is 3. The van der Waals surface area contributed by atoms with Crippen molar-refractivity contribution in [3.63, 3.8) is 0 Å². The molecule has 0 saturated carbocycles. The smallest absolute Gasteiger partial charge is 0.252 e. The van der Waals surface area contributed by atoms with Crippen LogP contribution < -0.4 is 0 Å². The molecule has 98 valence electrons. The maximum Gasteiger partial charge on any atom is 0.252 e. The van der Waals surface area contributed by atoms with Crippen molar-refractivity contribution < 1.29 is 13.2 Å². The molecule has 0 atom stereocenters. The highest BCUT2D eigenvalue weighted by molar-refractivity contribution is 7.90. The molecule has 0 amide bonds. The molecule has 2 rings (SSSR count).